The van der Waals surface area contributed by atoms with E-state index in [0.717, 1.165) is 29.6 Å². The molecular formula is C12H12O2. The fraction of sp³-hybridized carbons (Fsp3) is 0.250. The fourth-order valence-corrected chi connectivity index (χ4v) is 1.62. The number of benzene rings is 1. The van der Waals surface area contributed by atoms with Gasteiger partial charge in [0, 0.05) is 12.0 Å². The zero-order valence-electron chi connectivity index (χ0n) is 8.12. The molecule has 2 heteroatoms. The Morgan fingerprint density at radius 3 is 3.07 bits per heavy atom. The molecule has 1 atom stereocenters. The maximum Gasteiger partial charge on any atom is 0.150 e. The smallest absolute Gasteiger partial charge is 0.150 e. The van der Waals surface area contributed by atoms with Gasteiger partial charge in [-0.15, -0.1) is 0 Å². The number of aldehydes is 1. The van der Waals surface area contributed by atoms with Gasteiger partial charge in [0.1, 0.15) is 18.1 Å². The molecule has 0 fully saturated rings. The second-order valence-electron chi connectivity index (χ2n) is 3.64. The lowest BCUT2D eigenvalue weighted by molar-refractivity contribution is 0.112. The van der Waals surface area contributed by atoms with Gasteiger partial charge in [-0.05, 0) is 36.3 Å². The van der Waals surface area contributed by atoms with E-state index in [1.54, 1.807) is 6.07 Å². The molecule has 2 nitrogen and oxygen atoms in total. The van der Waals surface area contributed by atoms with Gasteiger partial charge in [-0.2, -0.15) is 0 Å². The van der Waals surface area contributed by atoms with Crippen molar-refractivity contribution in [2.24, 2.45) is 0 Å². The van der Waals surface area contributed by atoms with Crippen LogP contribution in [0.15, 0.2) is 30.4 Å². The summed E-state index contributed by atoms with van der Waals surface area (Å²) >= 11 is 0. The average molecular weight is 188 g/mol. The fourth-order valence-electron chi connectivity index (χ4n) is 1.62. The lowest BCUT2D eigenvalue weighted by Gasteiger charge is -2.08. The molecule has 0 saturated carbocycles. The van der Waals surface area contributed by atoms with Crippen LogP contribution in [0.4, 0.5) is 0 Å². The van der Waals surface area contributed by atoms with Crippen molar-refractivity contribution in [1.29, 1.82) is 0 Å². The highest BCUT2D eigenvalue weighted by Crippen LogP contribution is 2.31. The molecule has 14 heavy (non-hydrogen) atoms. The average Bonchev–Trinajstić information content (AvgIpc) is 2.59. The number of carbonyl (C=O) groups excluding carboxylic acids is 1. The van der Waals surface area contributed by atoms with Crippen molar-refractivity contribution >= 4 is 6.29 Å². The summed E-state index contributed by atoms with van der Waals surface area (Å²) in [5.74, 6) is 0.878. The summed E-state index contributed by atoms with van der Waals surface area (Å²) in [6, 6.07) is 5.50. The molecule has 1 aliphatic rings. The van der Waals surface area contributed by atoms with Crippen LogP contribution in [0.5, 0.6) is 5.75 Å². The van der Waals surface area contributed by atoms with Gasteiger partial charge in [0.05, 0.1) is 0 Å². The molecule has 0 radical (unpaired) electrons. The van der Waals surface area contributed by atoms with Crippen LogP contribution in [0.2, 0.25) is 0 Å². The number of hydrogen-bond donors (Lipinski definition) is 0. The molecule has 0 saturated heterocycles. The SMILES string of the molecule is C=C(C)C1Cc2cc(C=O)ccc2O1. The van der Waals surface area contributed by atoms with Gasteiger partial charge in [0.25, 0.3) is 0 Å². The summed E-state index contributed by atoms with van der Waals surface area (Å²) in [5.41, 5.74) is 2.83. The maximum absolute atomic E-state index is 10.6. The van der Waals surface area contributed by atoms with Gasteiger partial charge in [-0.25, -0.2) is 0 Å². The Kier molecular flexibility index (Phi) is 2.12. The van der Waals surface area contributed by atoms with E-state index in [1.165, 1.54) is 0 Å². The van der Waals surface area contributed by atoms with E-state index in [9.17, 15) is 4.79 Å². The van der Waals surface area contributed by atoms with Crippen LogP contribution in [0, 0.1) is 0 Å². The van der Waals surface area contributed by atoms with Crippen LogP contribution in [-0.4, -0.2) is 12.4 Å². The van der Waals surface area contributed by atoms with Gasteiger partial charge >= 0.3 is 0 Å². The highest BCUT2D eigenvalue weighted by Gasteiger charge is 2.23. The molecule has 1 aliphatic heterocycles. The number of hydrogen-bond acceptors (Lipinski definition) is 2. The maximum atomic E-state index is 10.6. The molecule has 0 amide bonds. The Morgan fingerprint density at radius 2 is 2.43 bits per heavy atom. The molecule has 1 unspecified atom stereocenters. The molecule has 1 aromatic rings. The molecule has 1 aromatic carbocycles. The van der Waals surface area contributed by atoms with Crippen LogP contribution in [0.25, 0.3) is 0 Å². The molecule has 0 aromatic heterocycles. The van der Waals surface area contributed by atoms with Crippen molar-refractivity contribution in [2.75, 3.05) is 0 Å². The second-order valence-corrected chi connectivity index (χ2v) is 3.64. The summed E-state index contributed by atoms with van der Waals surface area (Å²) in [5, 5.41) is 0. The predicted molar refractivity (Wildman–Crippen MR) is 54.8 cm³/mol. The van der Waals surface area contributed by atoms with Gasteiger partial charge in [0.2, 0.25) is 0 Å². The normalized spacial score (nSPS) is 18.5. The monoisotopic (exact) mass is 188 g/mol. The van der Waals surface area contributed by atoms with Gasteiger partial charge < -0.3 is 4.74 Å². The Hall–Kier alpha value is -1.57. The van der Waals surface area contributed by atoms with Gasteiger partial charge in [-0.1, -0.05) is 6.58 Å². The topological polar surface area (TPSA) is 26.3 Å². The minimum atomic E-state index is 0.0758. The van der Waals surface area contributed by atoms with E-state index in [2.05, 4.69) is 6.58 Å². The van der Waals surface area contributed by atoms with Crippen LogP contribution in [0.3, 0.4) is 0 Å². The van der Waals surface area contributed by atoms with Crippen molar-refractivity contribution < 1.29 is 9.53 Å². The zero-order chi connectivity index (χ0) is 10.1. The van der Waals surface area contributed by atoms with E-state index >= 15 is 0 Å². The quantitative estimate of drug-likeness (QED) is 0.526. The largest absolute Gasteiger partial charge is 0.485 e. The molecule has 2 rings (SSSR count). The Morgan fingerprint density at radius 1 is 1.64 bits per heavy atom. The van der Waals surface area contributed by atoms with E-state index in [4.69, 9.17) is 4.74 Å². The second kappa shape index (κ2) is 3.29. The van der Waals surface area contributed by atoms with E-state index < -0.39 is 0 Å². The third-order valence-corrected chi connectivity index (χ3v) is 2.44. The summed E-state index contributed by atoms with van der Waals surface area (Å²) in [4.78, 5) is 10.6. The first-order valence-corrected chi connectivity index (χ1v) is 4.61. The van der Waals surface area contributed by atoms with Crippen molar-refractivity contribution in [3.8, 4) is 5.75 Å². The molecular weight excluding hydrogens is 176 g/mol. The van der Waals surface area contributed by atoms with Crippen molar-refractivity contribution in [3.63, 3.8) is 0 Å². The van der Waals surface area contributed by atoms with Crippen LogP contribution < -0.4 is 4.74 Å². The summed E-state index contributed by atoms with van der Waals surface area (Å²) in [7, 11) is 0. The Balaban J connectivity index is 2.31. The summed E-state index contributed by atoms with van der Waals surface area (Å²) < 4.78 is 5.65. The molecule has 72 valence electrons. The van der Waals surface area contributed by atoms with Crippen molar-refractivity contribution in [3.05, 3.63) is 41.5 Å². The minimum Gasteiger partial charge on any atom is -0.485 e. The number of fused-ring (bicyclic) bond motifs is 1. The first-order chi connectivity index (χ1) is 6.70. The first-order valence-electron chi connectivity index (χ1n) is 4.61. The zero-order valence-corrected chi connectivity index (χ0v) is 8.12. The van der Waals surface area contributed by atoms with E-state index in [1.807, 2.05) is 19.1 Å². The van der Waals surface area contributed by atoms with Gasteiger partial charge in [-0.3, -0.25) is 4.79 Å². The molecule has 0 spiro atoms. The van der Waals surface area contributed by atoms with Crippen molar-refractivity contribution in [2.45, 2.75) is 19.4 Å². The van der Waals surface area contributed by atoms with E-state index in [0.29, 0.717) is 5.56 Å². The number of rotatable bonds is 2. The minimum absolute atomic E-state index is 0.0758. The molecule has 0 bridgehead atoms. The molecule has 0 aliphatic carbocycles. The highest BCUT2D eigenvalue weighted by molar-refractivity contribution is 5.75. The summed E-state index contributed by atoms with van der Waals surface area (Å²) in [6.07, 6.45) is 1.76. The van der Waals surface area contributed by atoms with Gasteiger partial charge in [0.15, 0.2) is 0 Å². The molecule has 1 heterocycles. The first kappa shape index (κ1) is 9.00. The summed E-state index contributed by atoms with van der Waals surface area (Å²) in [6.45, 7) is 5.82. The predicted octanol–water partition coefficient (Wildman–Crippen LogP) is 2.38. The Bertz CT molecular complexity index is 393. The standard InChI is InChI=1S/C12H12O2/c1-8(2)12-6-10-5-9(7-13)3-4-11(10)14-12/h3-5,7,12H,1,6H2,2H3. The number of carbonyl (C=O) groups is 1. The van der Waals surface area contributed by atoms with E-state index in [-0.39, 0.29) is 6.10 Å². The van der Waals surface area contributed by atoms with Crippen LogP contribution in [0.1, 0.15) is 22.8 Å². The Labute approximate surface area is 83.2 Å². The third-order valence-electron chi connectivity index (χ3n) is 2.44. The van der Waals surface area contributed by atoms with Crippen molar-refractivity contribution in [1.82, 2.24) is 0 Å². The lowest BCUT2D eigenvalue weighted by atomic mass is 10.0. The number of ether oxygens (including phenoxy) is 1. The van der Waals surface area contributed by atoms with Crippen LogP contribution >= 0.6 is 0 Å². The highest BCUT2D eigenvalue weighted by atomic mass is 16.5. The lowest BCUT2D eigenvalue weighted by Crippen LogP contribution is -2.13. The van der Waals surface area contributed by atoms with Crippen LogP contribution in [-0.2, 0) is 6.42 Å². The molecule has 0 N–H and O–H groups in total. The third kappa shape index (κ3) is 1.43.